The molecule has 0 atom stereocenters. The van der Waals surface area contributed by atoms with Gasteiger partial charge in [0, 0.05) is 5.69 Å². The van der Waals surface area contributed by atoms with E-state index in [4.69, 9.17) is 5.73 Å². The van der Waals surface area contributed by atoms with Crippen molar-refractivity contribution in [1.82, 2.24) is 0 Å². The Morgan fingerprint density at radius 2 is 1.92 bits per heavy atom. The molecule has 0 aliphatic rings. The minimum Gasteiger partial charge on any atom is -0.399 e. The van der Waals surface area contributed by atoms with Crippen molar-refractivity contribution in [3.8, 4) is 0 Å². The lowest BCUT2D eigenvalue weighted by Gasteiger charge is -2.05. The molecule has 0 unspecified atom stereocenters. The summed E-state index contributed by atoms with van der Waals surface area (Å²) in [7, 11) is 0. The third kappa shape index (κ3) is 2.82. The Kier molecular flexibility index (Phi) is 2.26. The maximum atomic E-state index is 11.8. The van der Waals surface area contributed by atoms with Gasteiger partial charge < -0.3 is 5.73 Å². The fraction of sp³-hybridized carbons (Fsp3) is 0.125. The molecule has 1 radical (unpaired) electrons. The Labute approximate surface area is 68.0 Å². The van der Waals surface area contributed by atoms with Crippen LogP contribution in [0.1, 0.15) is 5.56 Å². The van der Waals surface area contributed by atoms with Crippen LogP contribution in [-0.4, -0.2) is 6.18 Å². The number of nitrogen functional groups attached to an aromatic ring is 1. The molecule has 0 heterocycles. The van der Waals surface area contributed by atoms with E-state index in [1.54, 1.807) is 0 Å². The molecule has 0 saturated carbocycles. The molecule has 12 heavy (non-hydrogen) atoms. The molecule has 1 nitrogen and oxygen atoms in total. The fourth-order valence-electron chi connectivity index (χ4n) is 0.838. The first-order chi connectivity index (χ1) is 5.47. The van der Waals surface area contributed by atoms with Gasteiger partial charge in [-0.3, -0.25) is 0 Å². The highest BCUT2D eigenvalue weighted by Gasteiger charge is 2.28. The van der Waals surface area contributed by atoms with Crippen LogP contribution in [0.2, 0.25) is 0 Å². The molecule has 2 N–H and O–H groups in total. The summed E-state index contributed by atoms with van der Waals surface area (Å²) in [6.45, 7) is 0. The zero-order chi connectivity index (χ0) is 9.19. The smallest absolute Gasteiger partial charge is 0.396 e. The SMILES string of the molecule is Nc1cccc([CH]C(F)(F)F)c1. The van der Waals surface area contributed by atoms with Crippen molar-refractivity contribution in [2.45, 2.75) is 6.18 Å². The van der Waals surface area contributed by atoms with Gasteiger partial charge in [0.2, 0.25) is 0 Å². The highest BCUT2D eigenvalue weighted by atomic mass is 19.4. The summed E-state index contributed by atoms with van der Waals surface area (Å²) >= 11 is 0. The van der Waals surface area contributed by atoms with Crippen LogP contribution >= 0.6 is 0 Å². The van der Waals surface area contributed by atoms with Crippen molar-refractivity contribution in [1.29, 1.82) is 0 Å². The van der Waals surface area contributed by atoms with Gasteiger partial charge in [-0.15, -0.1) is 0 Å². The summed E-state index contributed by atoms with van der Waals surface area (Å²) in [5.41, 5.74) is 5.69. The topological polar surface area (TPSA) is 26.0 Å². The Hall–Kier alpha value is -1.19. The minimum absolute atomic E-state index is 0.0718. The average Bonchev–Trinajstić information content (AvgIpc) is 1.82. The van der Waals surface area contributed by atoms with Crippen molar-refractivity contribution >= 4 is 5.69 Å². The zero-order valence-corrected chi connectivity index (χ0v) is 6.10. The first-order valence-corrected chi connectivity index (χ1v) is 3.25. The predicted octanol–water partition coefficient (Wildman–Crippen LogP) is 2.38. The van der Waals surface area contributed by atoms with E-state index in [0.717, 1.165) is 0 Å². The van der Waals surface area contributed by atoms with E-state index in [9.17, 15) is 13.2 Å². The molecule has 0 aliphatic carbocycles. The first kappa shape index (κ1) is 8.90. The summed E-state index contributed by atoms with van der Waals surface area (Å²) in [5, 5.41) is 0. The number of nitrogens with two attached hydrogens (primary N) is 1. The highest BCUT2D eigenvalue weighted by molar-refractivity contribution is 5.43. The number of anilines is 1. The molecule has 0 amide bonds. The van der Waals surface area contributed by atoms with Crippen molar-refractivity contribution in [2.75, 3.05) is 5.73 Å². The Morgan fingerprint density at radius 1 is 1.25 bits per heavy atom. The van der Waals surface area contributed by atoms with E-state index < -0.39 is 6.18 Å². The third-order valence-corrected chi connectivity index (χ3v) is 1.24. The van der Waals surface area contributed by atoms with Gasteiger partial charge in [0.05, 0.1) is 6.42 Å². The summed E-state index contributed by atoms with van der Waals surface area (Å²) in [6.07, 6.45) is -4.07. The van der Waals surface area contributed by atoms with Crippen LogP contribution in [0.5, 0.6) is 0 Å². The van der Waals surface area contributed by atoms with Crippen LogP contribution in [0.25, 0.3) is 0 Å². The largest absolute Gasteiger partial charge is 0.399 e. The van der Waals surface area contributed by atoms with Gasteiger partial charge in [-0.25, -0.2) is 0 Å². The fourth-order valence-corrected chi connectivity index (χ4v) is 0.838. The maximum absolute atomic E-state index is 11.8. The van der Waals surface area contributed by atoms with Crippen LogP contribution < -0.4 is 5.73 Å². The van der Waals surface area contributed by atoms with E-state index in [-0.39, 0.29) is 12.0 Å². The van der Waals surface area contributed by atoms with E-state index >= 15 is 0 Å². The lowest BCUT2D eigenvalue weighted by molar-refractivity contribution is -0.0927. The second kappa shape index (κ2) is 3.05. The number of halogens is 3. The number of benzene rings is 1. The minimum atomic E-state index is -4.28. The normalized spacial score (nSPS) is 11.6. The number of rotatable bonds is 1. The number of alkyl halides is 3. The summed E-state index contributed by atoms with van der Waals surface area (Å²) in [6, 6.07) is 5.64. The highest BCUT2D eigenvalue weighted by Crippen LogP contribution is 2.24. The van der Waals surface area contributed by atoms with Gasteiger partial charge in [0.15, 0.2) is 0 Å². The Balaban J connectivity index is 2.77. The first-order valence-electron chi connectivity index (χ1n) is 3.25. The molecule has 1 rings (SSSR count). The van der Waals surface area contributed by atoms with Gasteiger partial charge in [0.25, 0.3) is 0 Å². The summed E-state index contributed by atoms with van der Waals surface area (Å²) in [5.74, 6) is 0. The molecule has 65 valence electrons. The molecule has 0 saturated heterocycles. The van der Waals surface area contributed by atoms with Crippen LogP contribution in [0, 0.1) is 6.42 Å². The zero-order valence-electron chi connectivity index (χ0n) is 6.10. The Bertz CT molecular complexity index is 267. The molecular formula is C8H7F3N. The van der Waals surface area contributed by atoms with Crippen molar-refractivity contribution < 1.29 is 13.2 Å². The number of hydrogen-bond donors (Lipinski definition) is 1. The molecule has 0 bridgehead atoms. The van der Waals surface area contributed by atoms with Crippen molar-refractivity contribution in [3.05, 3.63) is 36.2 Å². The van der Waals surface area contributed by atoms with Crippen molar-refractivity contribution in [3.63, 3.8) is 0 Å². The third-order valence-electron chi connectivity index (χ3n) is 1.24. The van der Waals surface area contributed by atoms with E-state index in [1.807, 2.05) is 0 Å². The van der Waals surface area contributed by atoms with Crippen LogP contribution in [0.3, 0.4) is 0 Å². The van der Waals surface area contributed by atoms with Crippen molar-refractivity contribution in [2.24, 2.45) is 0 Å². The molecular weight excluding hydrogens is 167 g/mol. The standard InChI is InChI=1S/C8H7F3N/c9-8(10,11)5-6-2-1-3-7(12)4-6/h1-5H,12H2. The van der Waals surface area contributed by atoms with Gasteiger partial charge in [-0.2, -0.15) is 13.2 Å². The van der Waals surface area contributed by atoms with Gasteiger partial charge in [0.1, 0.15) is 0 Å². The molecule has 4 heteroatoms. The van der Waals surface area contributed by atoms with E-state index in [0.29, 0.717) is 5.69 Å². The molecule has 1 aromatic rings. The molecule has 0 aliphatic heterocycles. The van der Waals surface area contributed by atoms with Crippen LogP contribution in [-0.2, 0) is 0 Å². The quantitative estimate of drug-likeness (QED) is 0.650. The predicted molar refractivity (Wildman–Crippen MR) is 40.3 cm³/mol. The van der Waals surface area contributed by atoms with Crippen LogP contribution in [0.15, 0.2) is 24.3 Å². The second-order valence-electron chi connectivity index (χ2n) is 2.36. The van der Waals surface area contributed by atoms with Gasteiger partial charge >= 0.3 is 6.18 Å². The van der Waals surface area contributed by atoms with Gasteiger partial charge in [-0.05, 0) is 17.7 Å². The maximum Gasteiger partial charge on any atom is 0.396 e. The second-order valence-corrected chi connectivity index (χ2v) is 2.36. The number of hydrogen-bond acceptors (Lipinski definition) is 1. The molecule has 0 spiro atoms. The van der Waals surface area contributed by atoms with E-state index in [1.165, 1.54) is 24.3 Å². The van der Waals surface area contributed by atoms with Gasteiger partial charge in [-0.1, -0.05) is 12.1 Å². The summed E-state index contributed by atoms with van der Waals surface area (Å²) < 4.78 is 35.3. The van der Waals surface area contributed by atoms with Crippen LogP contribution in [0.4, 0.5) is 18.9 Å². The molecule has 1 aromatic carbocycles. The lowest BCUT2D eigenvalue weighted by Crippen LogP contribution is -2.08. The summed E-state index contributed by atoms with van der Waals surface area (Å²) in [4.78, 5) is 0. The Morgan fingerprint density at radius 3 is 2.42 bits per heavy atom. The van der Waals surface area contributed by atoms with E-state index in [2.05, 4.69) is 0 Å². The average molecular weight is 174 g/mol. The molecule has 0 fully saturated rings. The monoisotopic (exact) mass is 174 g/mol. The molecule has 0 aromatic heterocycles. The lowest BCUT2D eigenvalue weighted by atomic mass is 10.1.